The fourth-order valence-electron chi connectivity index (χ4n) is 3.24. The summed E-state index contributed by atoms with van der Waals surface area (Å²) in [5, 5.41) is 3.81. The van der Waals surface area contributed by atoms with Gasteiger partial charge in [0.05, 0.1) is 28.2 Å². The van der Waals surface area contributed by atoms with Gasteiger partial charge in [0.1, 0.15) is 0 Å². The van der Waals surface area contributed by atoms with Crippen LogP contribution in [0.3, 0.4) is 0 Å². The Morgan fingerprint density at radius 2 is 1.77 bits per heavy atom. The van der Waals surface area contributed by atoms with Crippen molar-refractivity contribution in [3.63, 3.8) is 0 Å². The lowest BCUT2D eigenvalue weighted by Crippen LogP contribution is -2.16. The SMILES string of the molecule is CCCCCCn1c(SCC(=O)Nc2ccccc2SCC(N)=O)nc2ccccc21. The molecule has 31 heavy (non-hydrogen) atoms. The van der Waals surface area contributed by atoms with Crippen LogP contribution >= 0.6 is 23.5 Å². The van der Waals surface area contributed by atoms with E-state index in [0.717, 1.165) is 34.1 Å². The number of para-hydroxylation sites is 3. The topological polar surface area (TPSA) is 90.0 Å². The molecule has 8 heteroatoms. The van der Waals surface area contributed by atoms with Gasteiger partial charge in [-0.3, -0.25) is 9.59 Å². The molecule has 1 aromatic heterocycles. The number of nitrogens with zero attached hydrogens (tertiary/aromatic N) is 2. The molecule has 0 fully saturated rings. The number of aryl methyl sites for hydroxylation is 1. The van der Waals surface area contributed by atoms with E-state index in [2.05, 4.69) is 22.9 Å². The number of hydrogen-bond donors (Lipinski definition) is 2. The average molecular weight is 457 g/mol. The summed E-state index contributed by atoms with van der Waals surface area (Å²) in [7, 11) is 0. The molecular weight excluding hydrogens is 428 g/mol. The summed E-state index contributed by atoms with van der Waals surface area (Å²) in [6, 6.07) is 15.5. The standard InChI is InChI=1S/C23H28N4O2S2/c1-2-3-4-9-14-27-19-12-7-5-10-17(19)26-23(27)31-16-22(29)25-18-11-6-8-13-20(18)30-15-21(24)28/h5-8,10-13H,2-4,9,14-16H2,1H3,(H2,24,28)(H,25,29). The van der Waals surface area contributed by atoms with Crippen molar-refractivity contribution in [3.05, 3.63) is 48.5 Å². The van der Waals surface area contributed by atoms with Crippen LogP contribution in [0.25, 0.3) is 11.0 Å². The number of nitrogens with two attached hydrogens (primary N) is 1. The first kappa shape index (κ1) is 23.2. The van der Waals surface area contributed by atoms with Gasteiger partial charge < -0.3 is 15.6 Å². The highest BCUT2D eigenvalue weighted by Gasteiger charge is 2.14. The number of amides is 2. The van der Waals surface area contributed by atoms with Crippen LogP contribution in [0.2, 0.25) is 0 Å². The smallest absolute Gasteiger partial charge is 0.234 e. The third kappa shape index (κ3) is 6.77. The minimum atomic E-state index is -0.389. The van der Waals surface area contributed by atoms with E-state index < -0.39 is 0 Å². The summed E-state index contributed by atoms with van der Waals surface area (Å²) in [6.45, 7) is 3.11. The van der Waals surface area contributed by atoms with Gasteiger partial charge in [0, 0.05) is 11.4 Å². The monoisotopic (exact) mass is 456 g/mol. The normalized spacial score (nSPS) is 11.0. The number of anilines is 1. The van der Waals surface area contributed by atoms with Crippen molar-refractivity contribution in [2.75, 3.05) is 16.8 Å². The van der Waals surface area contributed by atoms with E-state index in [1.165, 1.54) is 42.8 Å². The Bertz CT molecular complexity index is 1040. The van der Waals surface area contributed by atoms with Gasteiger partial charge >= 0.3 is 0 Å². The molecule has 164 valence electrons. The van der Waals surface area contributed by atoms with Crippen molar-refractivity contribution in [3.8, 4) is 0 Å². The molecule has 3 rings (SSSR count). The first-order chi connectivity index (χ1) is 15.1. The number of hydrogen-bond acceptors (Lipinski definition) is 5. The molecule has 0 aliphatic heterocycles. The molecule has 0 unspecified atom stereocenters. The third-order valence-corrected chi connectivity index (χ3v) is 6.79. The highest BCUT2D eigenvalue weighted by atomic mass is 32.2. The lowest BCUT2D eigenvalue weighted by molar-refractivity contribution is -0.115. The van der Waals surface area contributed by atoms with Crippen LogP contribution in [0.1, 0.15) is 32.6 Å². The molecule has 0 aliphatic carbocycles. The summed E-state index contributed by atoms with van der Waals surface area (Å²) in [6.07, 6.45) is 4.71. The van der Waals surface area contributed by atoms with Crippen molar-refractivity contribution in [2.24, 2.45) is 5.73 Å². The van der Waals surface area contributed by atoms with Crippen molar-refractivity contribution in [1.29, 1.82) is 0 Å². The molecule has 0 aliphatic rings. The van der Waals surface area contributed by atoms with Crippen LogP contribution in [-0.4, -0.2) is 32.9 Å². The van der Waals surface area contributed by atoms with Crippen molar-refractivity contribution >= 4 is 52.1 Å². The zero-order valence-electron chi connectivity index (χ0n) is 17.7. The zero-order valence-corrected chi connectivity index (χ0v) is 19.3. The van der Waals surface area contributed by atoms with E-state index in [4.69, 9.17) is 10.7 Å². The number of unbranched alkanes of at least 4 members (excludes halogenated alkanes) is 3. The molecule has 0 atom stereocenters. The number of benzene rings is 2. The predicted molar refractivity (Wildman–Crippen MR) is 130 cm³/mol. The van der Waals surface area contributed by atoms with Crippen molar-refractivity contribution in [2.45, 2.75) is 49.2 Å². The van der Waals surface area contributed by atoms with Gasteiger partial charge in [0.15, 0.2) is 5.16 Å². The minimum absolute atomic E-state index is 0.110. The lowest BCUT2D eigenvalue weighted by Gasteiger charge is -2.11. The van der Waals surface area contributed by atoms with Gasteiger partial charge in [-0.05, 0) is 30.7 Å². The molecule has 6 nitrogen and oxygen atoms in total. The fraction of sp³-hybridized carbons (Fsp3) is 0.348. The molecule has 0 spiro atoms. The van der Waals surface area contributed by atoms with Gasteiger partial charge in [0.25, 0.3) is 0 Å². The second-order valence-electron chi connectivity index (χ2n) is 7.18. The van der Waals surface area contributed by atoms with Crippen LogP contribution in [0.5, 0.6) is 0 Å². The largest absolute Gasteiger partial charge is 0.369 e. The molecule has 0 bridgehead atoms. The number of aromatic nitrogens is 2. The Morgan fingerprint density at radius 3 is 2.58 bits per heavy atom. The lowest BCUT2D eigenvalue weighted by atomic mass is 10.2. The summed E-state index contributed by atoms with van der Waals surface area (Å²) >= 11 is 2.76. The Kier molecular flexibility index (Phi) is 8.85. The number of imidazole rings is 1. The quantitative estimate of drug-likeness (QED) is 0.298. The molecule has 1 heterocycles. The second-order valence-corrected chi connectivity index (χ2v) is 9.14. The van der Waals surface area contributed by atoms with Crippen LogP contribution < -0.4 is 11.1 Å². The summed E-state index contributed by atoms with van der Waals surface area (Å²) in [5.74, 6) is -0.0715. The Labute approximate surface area is 191 Å². The van der Waals surface area contributed by atoms with E-state index in [-0.39, 0.29) is 23.3 Å². The molecule has 2 amide bonds. The van der Waals surface area contributed by atoms with E-state index in [1.807, 2.05) is 42.5 Å². The number of thioether (sulfide) groups is 2. The third-order valence-electron chi connectivity index (χ3n) is 4.72. The number of rotatable bonds is 12. The van der Waals surface area contributed by atoms with Gasteiger partial charge in [-0.2, -0.15) is 0 Å². The van der Waals surface area contributed by atoms with Crippen molar-refractivity contribution in [1.82, 2.24) is 9.55 Å². The summed E-state index contributed by atoms with van der Waals surface area (Å²) in [4.78, 5) is 29.3. The number of primary amides is 1. The van der Waals surface area contributed by atoms with Crippen LogP contribution in [-0.2, 0) is 16.1 Å². The number of carbonyl (C=O) groups excluding carboxylic acids is 2. The Balaban J connectivity index is 1.66. The summed E-state index contributed by atoms with van der Waals surface area (Å²) in [5.41, 5.74) is 7.99. The van der Waals surface area contributed by atoms with Gasteiger partial charge in [0.2, 0.25) is 11.8 Å². The van der Waals surface area contributed by atoms with Crippen LogP contribution in [0.4, 0.5) is 5.69 Å². The first-order valence-electron chi connectivity index (χ1n) is 10.5. The van der Waals surface area contributed by atoms with Crippen LogP contribution in [0, 0.1) is 0 Å². The van der Waals surface area contributed by atoms with Gasteiger partial charge in [-0.15, -0.1) is 11.8 Å². The Morgan fingerprint density at radius 1 is 1.00 bits per heavy atom. The Hall–Kier alpha value is -2.45. The molecule has 3 N–H and O–H groups in total. The van der Waals surface area contributed by atoms with E-state index >= 15 is 0 Å². The zero-order chi connectivity index (χ0) is 22.1. The van der Waals surface area contributed by atoms with E-state index in [0.29, 0.717) is 5.69 Å². The van der Waals surface area contributed by atoms with E-state index in [1.54, 1.807) is 0 Å². The number of carbonyl (C=O) groups is 2. The average Bonchev–Trinajstić information content (AvgIpc) is 3.12. The summed E-state index contributed by atoms with van der Waals surface area (Å²) < 4.78 is 2.22. The maximum Gasteiger partial charge on any atom is 0.234 e. The predicted octanol–water partition coefficient (Wildman–Crippen LogP) is 4.92. The van der Waals surface area contributed by atoms with Gasteiger partial charge in [-0.25, -0.2) is 4.98 Å². The maximum absolute atomic E-state index is 12.6. The number of nitrogens with one attached hydrogen (secondary N) is 1. The second kappa shape index (κ2) is 11.8. The molecule has 0 saturated carbocycles. The van der Waals surface area contributed by atoms with Gasteiger partial charge in [-0.1, -0.05) is 62.2 Å². The number of fused-ring (bicyclic) bond motifs is 1. The van der Waals surface area contributed by atoms with Crippen LogP contribution in [0.15, 0.2) is 58.6 Å². The molecular formula is C23H28N4O2S2. The molecule has 0 saturated heterocycles. The highest BCUT2D eigenvalue weighted by Crippen LogP contribution is 2.28. The molecule has 3 aromatic rings. The fourth-order valence-corrected chi connectivity index (χ4v) is 4.83. The molecule has 2 aromatic carbocycles. The minimum Gasteiger partial charge on any atom is -0.369 e. The van der Waals surface area contributed by atoms with Crippen molar-refractivity contribution < 1.29 is 9.59 Å². The highest BCUT2D eigenvalue weighted by molar-refractivity contribution is 8.00. The van der Waals surface area contributed by atoms with E-state index in [9.17, 15) is 9.59 Å². The molecule has 0 radical (unpaired) electrons. The first-order valence-corrected chi connectivity index (χ1v) is 12.4. The maximum atomic E-state index is 12.6.